The van der Waals surface area contributed by atoms with E-state index in [1.54, 1.807) is 0 Å². The standard InChI is InChI=1S/C8H10FN4O3/c9-3-1-2-4-13-6(10)5(12-16)7(14)11-8(13)15/h1-4,10H2. The Kier molecular flexibility index (Phi) is 3.92. The summed E-state index contributed by atoms with van der Waals surface area (Å²) in [4.78, 5) is 33.5. The number of carbonyl (C=O) groups excluding carboxylic acids is 2. The first-order valence-corrected chi connectivity index (χ1v) is 4.58. The van der Waals surface area contributed by atoms with Crippen LogP contribution in [-0.4, -0.2) is 30.1 Å². The number of hydrogen-bond donors (Lipinski definition) is 1. The van der Waals surface area contributed by atoms with Gasteiger partial charge in [-0.3, -0.25) is 14.1 Å². The van der Waals surface area contributed by atoms with E-state index in [2.05, 4.69) is 10.5 Å². The summed E-state index contributed by atoms with van der Waals surface area (Å²) in [5.74, 6) is -1.36. The second-order valence-corrected chi connectivity index (χ2v) is 3.07. The summed E-state index contributed by atoms with van der Waals surface area (Å²) in [5.41, 5.74) is 4.83. The van der Waals surface area contributed by atoms with Gasteiger partial charge in [-0.15, -0.1) is 4.91 Å². The topological polar surface area (TPSA) is 107 Å². The number of alkyl halides is 1. The molecule has 0 bridgehead atoms. The summed E-state index contributed by atoms with van der Waals surface area (Å²) in [6, 6.07) is -0.853. The molecule has 8 heteroatoms. The molecule has 16 heavy (non-hydrogen) atoms. The number of rotatable bonds is 5. The highest BCUT2D eigenvalue weighted by Crippen LogP contribution is 2.14. The zero-order valence-corrected chi connectivity index (χ0v) is 8.35. The molecule has 7 nitrogen and oxygen atoms in total. The lowest BCUT2D eigenvalue weighted by Crippen LogP contribution is -2.46. The Hall–Kier alpha value is -1.99. The summed E-state index contributed by atoms with van der Waals surface area (Å²) in [5, 5.41) is 5.48. The van der Waals surface area contributed by atoms with Gasteiger partial charge in [0.25, 0.3) is 0 Å². The van der Waals surface area contributed by atoms with Gasteiger partial charge in [0.2, 0.25) is 5.70 Å². The molecule has 2 N–H and O–H groups in total. The summed E-state index contributed by atoms with van der Waals surface area (Å²) in [6.45, 7) is -0.412. The molecular weight excluding hydrogens is 219 g/mol. The van der Waals surface area contributed by atoms with E-state index < -0.39 is 24.3 Å². The molecule has 1 heterocycles. The van der Waals surface area contributed by atoms with E-state index in [1.807, 2.05) is 0 Å². The van der Waals surface area contributed by atoms with Crippen LogP contribution in [0.25, 0.3) is 0 Å². The monoisotopic (exact) mass is 229 g/mol. The number of urea groups is 1. The Morgan fingerprint density at radius 2 is 2.06 bits per heavy atom. The predicted molar refractivity (Wildman–Crippen MR) is 51.5 cm³/mol. The Morgan fingerprint density at radius 1 is 1.38 bits per heavy atom. The summed E-state index contributed by atoms with van der Waals surface area (Å²) in [7, 11) is 0. The Balaban J connectivity index is 2.81. The van der Waals surface area contributed by atoms with Crippen LogP contribution in [0.5, 0.6) is 0 Å². The van der Waals surface area contributed by atoms with Crippen LogP contribution in [0.15, 0.2) is 16.7 Å². The molecule has 0 atom stereocenters. The first-order valence-electron chi connectivity index (χ1n) is 4.58. The molecule has 0 aliphatic carbocycles. The lowest BCUT2D eigenvalue weighted by molar-refractivity contribution is -0.117. The highest BCUT2D eigenvalue weighted by molar-refractivity contribution is 6.06. The number of unbranched alkanes of at least 4 members (excludes halogenated alkanes) is 1. The van der Waals surface area contributed by atoms with E-state index in [9.17, 15) is 18.9 Å². The maximum Gasteiger partial charge on any atom is 0.352 e. The van der Waals surface area contributed by atoms with E-state index in [-0.39, 0.29) is 18.8 Å². The van der Waals surface area contributed by atoms with E-state index >= 15 is 0 Å². The highest BCUT2D eigenvalue weighted by atomic mass is 19.1. The molecule has 1 aliphatic rings. The Morgan fingerprint density at radius 3 is 2.62 bits per heavy atom. The molecule has 0 spiro atoms. The molecule has 1 rings (SSSR count). The van der Waals surface area contributed by atoms with E-state index in [1.165, 1.54) is 0 Å². The van der Waals surface area contributed by atoms with Crippen LogP contribution in [0.3, 0.4) is 0 Å². The molecule has 0 aromatic heterocycles. The van der Waals surface area contributed by atoms with E-state index in [4.69, 9.17) is 5.73 Å². The fraction of sp³-hybridized carbons (Fsp3) is 0.500. The number of amides is 3. The molecule has 1 radical (unpaired) electrons. The van der Waals surface area contributed by atoms with Crippen LogP contribution in [0.1, 0.15) is 12.8 Å². The second kappa shape index (κ2) is 5.19. The molecule has 0 aromatic carbocycles. The molecule has 0 aromatic rings. The van der Waals surface area contributed by atoms with Crippen molar-refractivity contribution in [2.24, 2.45) is 10.9 Å². The lowest BCUT2D eigenvalue weighted by Gasteiger charge is -2.25. The number of nitroso groups, excluding NO2 is 1. The highest BCUT2D eigenvalue weighted by Gasteiger charge is 2.33. The van der Waals surface area contributed by atoms with Crippen molar-refractivity contribution in [2.45, 2.75) is 12.8 Å². The molecule has 87 valence electrons. The third kappa shape index (κ3) is 2.33. The lowest BCUT2D eigenvalue weighted by atomic mass is 10.2. The number of carbonyl (C=O) groups is 2. The van der Waals surface area contributed by atoms with Crippen LogP contribution in [0.2, 0.25) is 0 Å². The Bertz CT molecular complexity index is 355. The van der Waals surface area contributed by atoms with Crippen molar-refractivity contribution in [2.75, 3.05) is 13.2 Å². The van der Waals surface area contributed by atoms with Crippen molar-refractivity contribution in [1.29, 1.82) is 0 Å². The van der Waals surface area contributed by atoms with Crippen LogP contribution in [0, 0.1) is 4.91 Å². The van der Waals surface area contributed by atoms with Gasteiger partial charge in [-0.2, -0.15) is 5.32 Å². The Labute approximate surface area is 90.4 Å². The summed E-state index contributed by atoms with van der Waals surface area (Å²) in [6.07, 6.45) is 0.619. The van der Waals surface area contributed by atoms with Crippen molar-refractivity contribution in [3.05, 3.63) is 16.4 Å². The number of imide groups is 1. The first-order chi connectivity index (χ1) is 7.61. The van der Waals surface area contributed by atoms with Gasteiger partial charge in [0.15, 0.2) is 0 Å². The zero-order chi connectivity index (χ0) is 12.1. The third-order valence-electron chi connectivity index (χ3n) is 2.02. The number of nitrogens with zero attached hydrogens (tertiary/aromatic N) is 3. The van der Waals surface area contributed by atoms with Crippen LogP contribution in [-0.2, 0) is 4.79 Å². The third-order valence-corrected chi connectivity index (χ3v) is 2.02. The summed E-state index contributed by atoms with van der Waals surface area (Å²) < 4.78 is 11.9. The normalized spacial score (nSPS) is 16.4. The average Bonchev–Trinajstić information content (AvgIpc) is 2.23. The van der Waals surface area contributed by atoms with Gasteiger partial charge in [-0.05, 0) is 18.0 Å². The number of nitrogens with two attached hydrogens (primary N) is 1. The average molecular weight is 229 g/mol. The van der Waals surface area contributed by atoms with Gasteiger partial charge in [-0.25, -0.2) is 4.79 Å². The van der Waals surface area contributed by atoms with Crippen molar-refractivity contribution in [3.8, 4) is 0 Å². The van der Waals surface area contributed by atoms with Gasteiger partial charge in [0.05, 0.1) is 6.67 Å². The SMILES string of the molecule is NC1=C(N=O)C(=O)[N]C(=O)N1CCCCF. The van der Waals surface area contributed by atoms with Crippen LogP contribution >= 0.6 is 0 Å². The second-order valence-electron chi connectivity index (χ2n) is 3.07. The van der Waals surface area contributed by atoms with Crippen LogP contribution < -0.4 is 11.1 Å². The molecule has 0 saturated heterocycles. The minimum absolute atomic E-state index is 0.102. The molecular formula is C8H10FN4O3. The first kappa shape index (κ1) is 12.1. The maximum atomic E-state index is 11.9. The van der Waals surface area contributed by atoms with E-state index in [0.717, 1.165) is 4.90 Å². The minimum atomic E-state index is -1.04. The van der Waals surface area contributed by atoms with Crippen molar-refractivity contribution < 1.29 is 14.0 Å². The molecule has 1 aliphatic heterocycles. The quantitative estimate of drug-likeness (QED) is 0.536. The fourth-order valence-corrected chi connectivity index (χ4v) is 1.21. The van der Waals surface area contributed by atoms with Gasteiger partial charge < -0.3 is 5.73 Å². The van der Waals surface area contributed by atoms with Gasteiger partial charge >= 0.3 is 11.9 Å². The van der Waals surface area contributed by atoms with Gasteiger partial charge in [0, 0.05) is 6.54 Å². The molecule has 3 amide bonds. The molecule has 0 saturated carbocycles. The number of halogens is 1. The maximum absolute atomic E-state index is 11.9. The van der Waals surface area contributed by atoms with E-state index in [0.29, 0.717) is 6.42 Å². The van der Waals surface area contributed by atoms with Crippen LogP contribution in [0.4, 0.5) is 9.18 Å². The van der Waals surface area contributed by atoms with Crippen molar-refractivity contribution in [1.82, 2.24) is 10.2 Å². The largest absolute Gasteiger partial charge is 0.383 e. The predicted octanol–water partition coefficient (Wildman–Crippen LogP) is 0.197. The zero-order valence-electron chi connectivity index (χ0n) is 8.35. The van der Waals surface area contributed by atoms with Gasteiger partial charge in [0.1, 0.15) is 5.82 Å². The fourth-order valence-electron chi connectivity index (χ4n) is 1.21. The number of hydrogen-bond acceptors (Lipinski definition) is 5. The molecule has 0 fully saturated rings. The van der Waals surface area contributed by atoms with Crippen molar-refractivity contribution >= 4 is 11.9 Å². The van der Waals surface area contributed by atoms with Gasteiger partial charge in [-0.1, -0.05) is 0 Å². The smallest absolute Gasteiger partial charge is 0.352 e. The van der Waals surface area contributed by atoms with Crippen molar-refractivity contribution in [3.63, 3.8) is 0 Å². The summed E-state index contributed by atoms with van der Waals surface area (Å²) >= 11 is 0. The molecule has 0 unspecified atom stereocenters. The minimum Gasteiger partial charge on any atom is -0.383 e.